The number of sulfonamides is 1. The van der Waals surface area contributed by atoms with Crippen LogP contribution < -0.4 is 5.32 Å². The maximum Gasteiger partial charge on any atom is 0.211 e. The first-order valence-electron chi connectivity index (χ1n) is 11.0. The molecule has 1 aromatic rings. The highest BCUT2D eigenvalue weighted by Crippen LogP contribution is 2.23. The van der Waals surface area contributed by atoms with Crippen LogP contribution in [0.3, 0.4) is 0 Å². The van der Waals surface area contributed by atoms with Crippen molar-refractivity contribution in [1.82, 2.24) is 14.5 Å². The number of guanidine groups is 1. The predicted octanol–water partition coefficient (Wildman–Crippen LogP) is 2.58. The van der Waals surface area contributed by atoms with E-state index in [1.807, 2.05) is 0 Å². The molecule has 0 aliphatic carbocycles. The lowest BCUT2D eigenvalue weighted by Crippen LogP contribution is -2.46. The van der Waals surface area contributed by atoms with Crippen molar-refractivity contribution in [3.05, 3.63) is 35.9 Å². The average Bonchev–Trinajstić information content (AvgIpc) is 2.72. The highest BCUT2D eigenvalue weighted by molar-refractivity contribution is 7.88. The van der Waals surface area contributed by atoms with Crippen molar-refractivity contribution in [2.75, 3.05) is 45.5 Å². The summed E-state index contributed by atoms with van der Waals surface area (Å²) >= 11 is 0. The second kappa shape index (κ2) is 10.4. The Morgan fingerprint density at radius 1 is 1.03 bits per heavy atom. The first kappa shape index (κ1) is 22.1. The first-order valence-corrected chi connectivity index (χ1v) is 12.8. The molecular weight excluding hydrogens is 384 g/mol. The Morgan fingerprint density at radius 2 is 1.66 bits per heavy atom. The van der Waals surface area contributed by atoms with E-state index in [-0.39, 0.29) is 0 Å². The summed E-state index contributed by atoms with van der Waals surface area (Å²) in [5.74, 6) is 2.24. The van der Waals surface area contributed by atoms with Crippen LogP contribution in [0.4, 0.5) is 0 Å². The van der Waals surface area contributed by atoms with Gasteiger partial charge in [-0.05, 0) is 56.4 Å². The Balaban J connectivity index is 1.48. The fraction of sp³-hybridized carbons (Fsp3) is 0.682. The molecule has 0 atom stereocenters. The number of likely N-dealkylation sites (tertiary alicyclic amines) is 1. The van der Waals surface area contributed by atoms with E-state index in [2.05, 4.69) is 47.5 Å². The van der Waals surface area contributed by atoms with Crippen LogP contribution in [-0.2, 0) is 16.4 Å². The molecular formula is C22H36N4O2S. The Kier molecular flexibility index (Phi) is 7.95. The quantitative estimate of drug-likeness (QED) is 0.567. The Hall–Kier alpha value is -1.60. The van der Waals surface area contributed by atoms with E-state index in [4.69, 9.17) is 4.99 Å². The van der Waals surface area contributed by atoms with Crippen molar-refractivity contribution >= 4 is 16.0 Å². The van der Waals surface area contributed by atoms with Crippen molar-refractivity contribution in [1.29, 1.82) is 0 Å². The van der Waals surface area contributed by atoms with Crippen LogP contribution in [-0.4, -0.2) is 69.1 Å². The monoisotopic (exact) mass is 420 g/mol. The molecule has 2 aliphatic rings. The highest BCUT2D eigenvalue weighted by atomic mass is 32.2. The Bertz CT molecular complexity index is 750. The molecule has 1 N–H and O–H groups in total. The summed E-state index contributed by atoms with van der Waals surface area (Å²) in [7, 11) is -3.06. The zero-order chi connectivity index (χ0) is 20.7. The summed E-state index contributed by atoms with van der Waals surface area (Å²) in [6, 6.07) is 10.8. The van der Waals surface area contributed by atoms with E-state index in [1.54, 1.807) is 4.31 Å². The first-order chi connectivity index (χ1) is 14.0. The number of hydrogen-bond acceptors (Lipinski definition) is 3. The van der Waals surface area contributed by atoms with Gasteiger partial charge in [-0.15, -0.1) is 0 Å². The predicted molar refractivity (Wildman–Crippen MR) is 120 cm³/mol. The fourth-order valence-corrected chi connectivity index (χ4v) is 5.24. The molecule has 0 amide bonds. The van der Waals surface area contributed by atoms with E-state index in [0.29, 0.717) is 19.0 Å². The highest BCUT2D eigenvalue weighted by Gasteiger charge is 2.26. The van der Waals surface area contributed by atoms with Crippen LogP contribution in [0.2, 0.25) is 0 Å². The lowest BCUT2D eigenvalue weighted by atomic mass is 9.90. The molecule has 2 saturated heterocycles. The smallest absolute Gasteiger partial charge is 0.211 e. The van der Waals surface area contributed by atoms with Crippen molar-refractivity contribution in [2.24, 2.45) is 16.8 Å². The van der Waals surface area contributed by atoms with Crippen LogP contribution >= 0.6 is 0 Å². The summed E-state index contributed by atoms with van der Waals surface area (Å²) in [6.07, 6.45) is 6.67. The van der Waals surface area contributed by atoms with E-state index in [9.17, 15) is 8.42 Å². The summed E-state index contributed by atoms with van der Waals surface area (Å²) in [6.45, 7) is 7.12. The summed E-state index contributed by atoms with van der Waals surface area (Å²) in [5, 5.41) is 3.46. The number of rotatable bonds is 6. The Labute approximate surface area is 176 Å². The molecule has 0 unspecified atom stereocenters. The largest absolute Gasteiger partial charge is 0.357 e. The minimum atomic E-state index is -3.06. The van der Waals surface area contributed by atoms with Gasteiger partial charge >= 0.3 is 0 Å². The van der Waals surface area contributed by atoms with Crippen molar-refractivity contribution in [3.63, 3.8) is 0 Å². The molecule has 2 aliphatic heterocycles. The van der Waals surface area contributed by atoms with Crippen molar-refractivity contribution < 1.29 is 8.42 Å². The van der Waals surface area contributed by atoms with Crippen molar-refractivity contribution in [2.45, 2.75) is 39.0 Å². The number of aliphatic imine (C=N–C) groups is 1. The average molecular weight is 421 g/mol. The number of nitrogens with one attached hydrogen (secondary N) is 1. The normalized spacial score (nSPS) is 20.8. The molecule has 0 bridgehead atoms. The molecule has 0 saturated carbocycles. The van der Waals surface area contributed by atoms with Gasteiger partial charge in [-0.3, -0.25) is 4.99 Å². The topological polar surface area (TPSA) is 65.0 Å². The molecule has 29 heavy (non-hydrogen) atoms. The molecule has 6 nitrogen and oxygen atoms in total. The number of hydrogen-bond donors (Lipinski definition) is 1. The van der Waals surface area contributed by atoms with Gasteiger partial charge < -0.3 is 10.2 Å². The van der Waals surface area contributed by atoms with Gasteiger partial charge in [0.15, 0.2) is 5.96 Å². The minimum Gasteiger partial charge on any atom is -0.357 e. The molecule has 1 aromatic carbocycles. The SMILES string of the molecule is CCNC(=NCC1CCN(S(C)(=O)=O)CC1)N1CCC(Cc2ccccc2)CC1. The Morgan fingerprint density at radius 3 is 2.24 bits per heavy atom. The number of piperidine rings is 2. The molecule has 0 spiro atoms. The fourth-order valence-electron chi connectivity index (χ4n) is 4.36. The third-order valence-corrected chi connectivity index (χ3v) is 7.46. The van der Waals surface area contributed by atoms with Crippen LogP contribution in [0.25, 0.3) is 0 Å². The third-order valence-electron chi connectivity index (χ3n) is 6.16. The van der Waals surface area contributed by atoms with E-state index in [0.717, 1.165) is 50.9 Å². The van der Waals surface area contributed by atoms with Crippen LogP contribution in [0.1, 0.15) is 38.2 Å². The van der Waals surface area contributed by atoms with Gasteiger partial charge in [-0.25, -0.2) is 12.7 Å². The summed E-state index contributed by atoms with van der Waals surface area (Å²) < 4.78 is 24.9. The van der Waals surface area contributed by atoms with Crippen LogP contribution in [0.15, 0.2) is 35.3 Å². The number of nitrogens with zero attached hydrogens (tertiary/aromatic N) is 3. The van der Waals surface area contributed by atoms with Crippen molar-refractivity contribution in [3.8, 4) is 0 Å². The molecule has 7 heteroatoms. The summed E-state index contributed by atoms with van der Waals surface area (Å²) in [5.41, 5.74) is 1.44. The van der Waals surface area contributed by atoms with Gasteiger partial charge in [-0.2, -0.15) is 0 Å². The van der Waals surface area contributed by atoms with Gasteiger partial charge in [0, 0.05) is 39.3 Å². The molecule has 0 radical (unpaired) electrons. The van der Waals surface area contributed by atoms with E-state index < -0.39 is 10.0 Å². The zero-order valence-electron chi connectivity index (χ0n) is 17.9. The second-order valence-corrected chi connectivity index (χ2v) is 10.4. The van der Waals surface area contributed by atoms with Gasteiger partial charge in [0.2, 0.25) is 10.0 Å². The molecule has 0 aromatic heterocycles. The van der Waals surface area contributed by atoms with Crippen LogP contribution in [0, 0.1) is 11.8 Å². The molecule has 162 valence electrons. The zero-order valence-corrected chi connectivity index (χ0v) is 18.7. The van der Waals surface area contributed by atoms with Gasteiger partial charge in [-0.1, -0.05) is 30.3 Å². The maximum atomic E-state index is 11.7. The lowest BCUT2D eigenvalue weighted by molar-refractivity contribution is 0.255. The maximum absolute atomic E-state index is 11.7. The standard InChI is InChI=1S/C22H36N4O2S/c1-3-23-22(24-18-21-11-15-26(16-12-21)29(2,27)28)25-13-9-20(10-14-25)17-19-7-5-4-6-8-19/h4-8,20-21H,3,9-18H2,1-2H3,(H,23,24). The lowest BCUT2D eigenvalue weighted by Gasteiger charge is -2.35. The van der Waals surface area contributed by atoms with E-state index >= 15 is 0 Å². The van der Waals surface area contributed by atoms with Gasteiger partial charge in [0.25, 0.3) is 0 Å². The summed E-state index contributed by atoms with van der Waals surface area (Å²) in [4.78, 5) is 7.32. The molecule has 2 fully saturated rings. The number of benzene rings is 1. The van der Waals surface area contributed by atoms with E-state index in [1.165, 1.54) is 31.1 Å². The second-order valence-electron chi connectivity index (χ2n) is 8.42. The van der Waals surface area contributed by atoms with Crippen LogP contribution in [0.5, 0.6) is 0 Å². The minimum absolute atomic E-state index is 0.470. The third kappa shape index (κ3) is 6.71. The molecule has 3 rings (SSSR count). The molecule has 2 heterocycles. The van der Waals surface area contributed by atoms with Gasteiger partial charge in [0.05, 0.1) is 6.26 Å². The van der Waals surface area contributed by atoms with Gasteiger partial charge in [0.1, 0.15) is 0 Å².